The molecule has 0 bridgehead atoms. The van der Waals surface area contributed by atoms with E-state index < -0.39 is 0 Å². The predicted molar refractivity (Wildman–Crippen MR) is 82.1 cm³/mol. The molecule has 1 fully saturated rings. The third-order valence-corrected chi connectivity index (χ3v) is 4.00. The van der Waals surface area contributed by atoms with Gasteiger partial charge in [-0.3, -0.25) is 0 Å². The highest BCUT2D eigenvalue weighted by Gasteiger charge is 2.16. The van der Waals surface area contributed by atoms with Crippen LogP contribution in [0.3, 0.4) is 0 Å². The Morgan fingerprint density at radius 1 is 0.952 bits per heavy atom. The highest BCUT2D eigenvalue weighted by atomic mass is 15.4. The lowest BCUT2D eigenvalue weighted by atomic mass is 10.2. The van der Waals surface area contributed by atoms with Crippen molar-refractivity contribution in [3.63, 3.8) is 0 Å². The third-order valence-electron chi connectivity index (χ3n) is 4.00. The summed E-state index contributed by atoms with van der Waals surface area (Å²) in [6.07, 6.45) is 5.07. The van der Waals surface area contributed by atoms with Gasteiger partial charge in [0.25, 0.3) is 0 Å². The minimum Gasteiger partial charge on any atom is -0.366 e. The van der Waals surface area contributed by atoms with Gasteiger partial charge in [-0.05, 0) is 25.0 Å². The molecule has 4 rings (SSSR count). The maximum Gasteiger partial charge on any atom is 0.185 e. The van der Waals surface area contributed by atoms with Crippen LogP contribution in [0.4, 0.5) is 5.82 Å². The molecule has 3 aromatic rings. The molecule has 0 amide bonds. The lowest BCUT2D eigenvalue weighted by Crippen LogP contribution is -2.16. The molecule has 0 aliphatic heterocycles. The zero-order chi connectivity index (χ0) is 14.1. The molecule has 0 atom stereocenters. The average Bonchev–Trinajstić information content (AvgIpc) is 3.17. The van der Waals surface area contributed by atoms with Crippen LogP contribution in [-0.4, -0.2) is 25.9 Å². The van der Waals surface area contributed by atoms with E-state index >= 15 is 0 Å². The van der Waals surface area contributed by atoms with Crippen molar-refractivity contribution in [2.75, 3.05) is 5.32 Å². The first-order valence-electron chi connectivity index (χ1n) is 7.44. The van der Waals surface area contributed by atoms with Crippen LogP contribution >= 0.6 is 0 Å². The minimum absolute atomic E-state index is 0.548. The summed E-state index contributed by atoms with van der Waals surface area (Å²) in [5, 5.41) is 16.6. The van der Waals surface area contributed by atoms with E-state index in [-0.39, 0.29) is 0 Å². The molecule has 0 radical (unpaired) electrons. The summed E-state index contributed by atoms with van der Waals surface area (Å²) in [7, 11) is 0. The topological polar surface area (TPSA) is 55.1 Å². The number of nitrogens with one attached hydrogen (secondary N) is 1. The number of rotatable bonds is 3. The van der Waals surface area contributed by atoms with Crippen molar-refractivity contribution in [2.45, 2.75) is 31.7 Å². The Morgan fingerprint density at radius 3 is 2.57 bits per heavy atom. The molecule has 2 aromatic heterocycles. The minimum atomic E-state index is 0.548. The predicted octanol–water partition coefficient (Wildman–Crippen LogP) is 3.15. The first-order valence-corrected chi connectivity index (χ1v) is 7.44. The maximum absolute atomic E-state index is 4.66. The Labute approximate surface area is 123 Å². The third kappa shape index (κ3) is 2.35. The van der Waals surface area contributed by atoms with Crippen LogP contribution in [-0.2, 0) is 0 Å². The van der Waals surface area contributed by atoms with E-state index in [2.05, 4.69) is 20.6 Å². The molecule has 0 spiro atoms. The van der Waals surface area contributed by atoms with E-state index in [1.54, 1.807) is 0 Å². The number of nitrogens with zero attached hydrogens (tertiary/aromatic N) is 4. The molecule has 1 aromatic carbocycles. The SMILES string of the molecule is c1ccc(-c2nnc3ccc(NC4CCCC4)nn23)cc1. The average molecular weight is 279 g/mol. The van der Waals surface area contributed by atoms with Crippen molar-refractivity contribution in [3.05, 3.63) is 42.5 Å². The van der Waals surface area contributed by atoms with E-state index in [4.69, 9.17) is 0 Å². The molecule has 0 saturated heterocycles. The van der Waals surface area contributed by atoms with Gasteiger partial charge < -0.3 is 5.32 Å². The lowest BCUT2D eigenvalue weighted by Gasteiger charge is -2.12. The second-order valence-corrected chi connectivity index (χ2v) is 5.50. The second-order valence-electron chi connectivity index (χ2n) is 5.50. The van der Waals surface area contributed by atoms with Gasteiger partial charge in [0.15, 0.2) is 11.5 Å². The number of aromatic nitrogens is 4. The van der Waals surface area contributed by atoms with Gasteiger partial charge in [0.1, 0.15) is 5.82 Å². The van der Waals surface area contributed by atoms with Gasteiger partial charge >= 0.3 is 0 Å². The first kappa shape index (κ1) is 12.3. The molecule has 5 heteroatoms. The highest BCUT2D eigenvalue weighted by Crippen LogP contribution is 2.22. The molecular formula is C16H17N5. The quantitative estimate of drug-likeness (QED) is 0.800. The van der Waals surface area contributed by atoms with Gasteiger partial charge in [-0.25, -0.2) is 0 Å². The van der Waals surface area contributed by atoms with Gasteiger partial charge in [0, 0.05) is 11.6 Å². The van der Waals surface area contributed by atoms with Gasteiger partial charge in [0.2, 0.25) is 0 Å². The molecule has 106 valence electrons. The molecule has 1 saturated carbocycles. The van der Waals surface area contributed by atoms with Gasteiger partial charge in [-0.2, -0.15) is 4.52 Å². The molecule has 0 unspecified atom stereocenters. The molecule has 2 heterocycles. The van der Waals surface area contributed by atoms with Crippen molar-refractivity contribution < 1.29 is 0 Å². The van der Waals surface area contributed by atoms with Crippen molar-refractivity contribution in [3.8, 4) is 11.4 Å². The number of benzene rings is 1. The number of hydrogen-bond acceptors (Lipinski definition) is 4. The van der Waals surface area contributed by atoms with Crippen LogP contribution in [0.25, 0.3) is 17.0 Å². The fourth-order valence-corrected chi connectivity index (χ4v) is 2.91. The zero-order valence-corrected chi connectivity index (χ0v) is 11.7. The summed E-state index contributed by atoms with van der Waals surface area (Å²) in [6.45, 7) is 0. The Balaban J connectivity index is 1.72. The summed E-state index contributed by atoms with van der Waals surface area (Å²) < 4.78 is 1.81. The highest BCUT2D eigenvalue weighted by molar-refractivity contribution is 5.59. The van der Waals surface area contributed by atoms with Crippen LogP contribution in [0.15, 0.2) is 42.5 Å². The maximum atomic E-state index is 4.66. The normalized spacial score (nSPS) is 15.6. The van der Waals surface area contributed by atoms with Crippen molar-refractivity contribution >= 4 is 11.5 Å². The number of fused-ring (bicyclic) bond motifs is 1. The molecule has 21 heavy (non-hydrogen) atoms. The van der Waals surface area contributed by atoms with Gasteiger partial charge in [0.05, 0.1) is 0 Å². The Bertz CT molecular complexity index is 744. The van der Waals surface area contributed by atoms with E-state index in [9.17, 15) is 0 Å². The van der Waals surface area contributed by atoms with Crippen molar-refractivity contribution in [1.29, 1.82) is 0 Å². The van der Waals surface area contributed by atoms with Crippen molar-refractivity contribution in [1.82, 2.24) is 19.8 Å². The second kappa shape index (κ2) is 5.16. The summed E-state index contributed by atoms with van der Waals surface area (Å²) in [5.74, 6) is 1.67. The Hall–Kier alpha value is -2.43. The monoisotopic (exact) mass is 279 g/mol. The van der Waals surface area contributed by atoms with E-state index in [0.29, 0.717) is 6.04 Å². The van der Waals surface area contributed by atoms with Crippen LogP contribution in [0.1, 0.15) is 25.7 Å². The summed E-state index contributed by atoms with van der Waals surface area (Å²) in [6, 6.07) is 14.5. The fraction of sp³-hybridized carbons (Fsp3) is 0.312. The van der Waals surface area contributed by atoms with E-state index in [1.165, 1.54) is 25.7 Å². The standard InChI is InChI=1S/C16H17N5/c1-2-6-12(7-3-1)16-19-18-15-11-10-14(20-21(15)16)17-13-8-4-5-9-13/h1-3,6-7,10-11,13H,4-5,8-9H2,(H,17,20). The van der Waals surface area contributed by atoms with E-state index in [1.807, 2.05) is 47.0 Å². The molecule has 1 N–H and O–H groups in total. The van der Waals surface area contributed by atoms with Crippen LogP contribution in [0.2, 0.25) is 0 Å². The van der Waals surface area contributed by atoms with Crippen LogP contribution in [0.5, 0.6) is 0 Å². The Morgan fingerprint density at radius 2 is 1.76 bits per heavy atom. The van der Waals surface area contributed by atoms with Crippen LogP contribution in [0, 0.1) is 0 Å². The molecular weight excluding hydrogens is 262 g/mol. The molecule has 5 nitrogen and oxygen atoms in total. The summed E-state index contributed by atoms with van der Waals surface area (Å²) >= 11 is 0. The number of anilines is 1. The smallest absolute Gasteiger partial charge is 0.185 e. The molecule has 1 aliphatic carbocycles. The van der Waals surface area contributed by atoms with E-state index in [0.717, 1.165) is 22.9 Å². The number of hydrogen-bond donors (Lipinski definition) is 1. The zero-order valence-electron chi connectivity index (χ0n) is 11.7. The first-order chi connectivity index (χ1) is 10.4. The fourth-order valence-electron chi connectivity index (χ4n) is 2.91. The van der Waals surface area contributed by atoms with Gasteiger partial charge in [-0.15, -0.1) is 15.3 Å². The van der Waals surface area contributed by atoms with Crippen molar-refractivity contribution in [2.24, 2.45) is 0 Å². The van der Waals surface area contributed by atoms with Crippen LogP contribution < -0.4 is 5.32 Å². The van der Waals surface area contributed by atoms with Gasteiger partial charge in [-0.1, -0.05) is 43.2 Å². The lowest BCUT2D eigenvalue weighted by molar-refractivity contribution is 0.743. The summed E-state index contributed by atoms with van der Waals surface area (Å²) in [4.78, 5) is 0. The largest absolute Gasteiger partial charge is 0.366 e. The molecule has 1 aliphatic rings. The summed E-state index contributed by atoms with van der Waals surface area (Å²) in [5.41, 5.74) is 1.79. The Kier molecular flexibility index (Phi) is 3.03.